The van der Waals surface area contributed by atoms with E-state index < -0.39 is 5.09 Å². The third kappa shape index (κ3) is 9.85. The molecule has 0 aromatic rings. The average Bonchev–Trinajstić information content (AvgIpc) is 1.41. The van der Waals surface area contributed by atoms with Crippen LogP contribution in [0.4, 0.5) is 0 Å². The van der Waals surface area contributed by atoms with Crippen LogP contribution in [0.15, 0.2) is 13.2 Å². The molecule has 0 aliphatic heterocycles. The Balaban J connectivity index is 0. The second-order valence-electron chi connectivity index (χ2n) is 0.238. The molecule has 0 amide bonds. The van der Waals surface area contributed by atoms with Gasteiger partial charge >= 0.3 is 0 Å². The molecule has 4 heteroatoms. The van der Waals surface area contributed by atoms with E-state index in [2.05, 4.69) is 13.2 Å². The summed E-state index contributed by atoms with van der Waals surface area (Å²) in [5, 5.41) is 13.6. The Morgan fingerprint density at radius 1 is 1.67 bits per heavy atom. The van der Waals surface area contributed by atoms with Gasteiger partial charge in [0.2, 0.25) is 0 Å². The van der Waals surface area contributed by atoms with Crippen LogP contribution in [-0.4, -0.2) is 10.3 Å². The molecule has 6 heavy (non-hydrogen) atoms. The standard InChI is InChI=1S/C2H4.HNO3/c1-2;2-1(3)4/h1-2H2;(H,2,3,4). The fraction of sp³-hybridized carbons (Fsp3) is 0. The molecule has 0 saturated heterocycles. The Morgan fingerprint density at radius 3 is 1.67 bits per heavy atom. The fourth-order valence-corrected chi connectivity index (χ4v) is 0. The Hall–Kier alpha value is -1.06. The van der Waals surface area contributed by atoms with E-state index in [-0.39, 0.29) is 0 Å². The monoisotopic (exact) mass is 91.0 g/mol. The molecule has 0 aliphatic rings. The minimum Gasteiger partial charge on any atom is -0.328 e. The zero-order valence-electron chi connectivity index (χ0n) is 3.13. The van der Waals surface area contributed by atoms with Crippen LogP contribution in [0.25, 0.3) is 0 Å². The van der Waals surface area contributed by atoms with Gasteiger partial charge in [0.1, 0.15) is 0 Å². The maximum Gasteiger partial charge on any atom is 0.291 e. The highest BCUT2D eigenvalue weighted by Gasteiger charge is 1.65. The minimum absolute atomic E-state index is 1.50. The molecule has 1 N–H and O–H groups in total. The van der Waals surface area contributed by atoms with Crippen molar-refractivity contribution in [3.63, 3.8) is 0 Å². The Morgan fingerprint density at radius 2 is 1.67 bits per heavy atom. The van der Waals surface area contributed by atoms with Crippen LogP contribution in [-0.2, 0) is 0 Å². The summed E-state index contributed by atoms with van der Waals surface area (Å²) in [6.07, 6.45) is 0. The van der Waals surface area contributed by atoms with Gasteiger partial charge in [-0.2, -0.15) is 0 Å². The molecule has 0 radical (unpaired) electrons. The summed E-state index contributed by atoms with van der Waals surface area (Å²) in [6.45, 7) is 6.00. The average molecular weight is 91.1 g/mol. The van der Waals surface area contributed by atoms with Gasteiger partial charge in [-0.3, -0.25) is 0 Å². The SMILES string of the molecule is C=C.O=[N+]([O-])O. The molecule has 0 saturated carbocycles. The third-order valence-electron chi connectivity index (χ3n) is 0. The highest BCUT2D eigenvalue weighted by Crippen LogP contribution is 1.38. The number of hydrogen-bond acceptors (Lipinski definition) is 2. The van der Waals surface area contributed by atoms with E-state index in [1.165, 1.54) is 0 Å². The molecule has 36 valence electrons. The normalized spacial score (nSPS) is 4.67. The summed E-state index contributed by atoms with van der Waals surface area (Å²) in [4.78, 5) is 8.36. The van der Waals surface area contributed by atoms with Crippen LogP contribution >= 0.6 is 0 Å². The van der Waals surface area contributed by atoms with Gasteiger partial charge in [0.25, 0.3) is 5.09 Å². The molecular weight excluding hydrogens is 86.0 g/mol. The first-order valence-electron chi connectivity index (χ1n) is 1.07. The van der Waals surface area contributed by atoms with Crippen molar-refractivity contribution in [1.82, 2.24) is 0 Å². The summed E-state index contributed by atoms with van der Waals surface area (Å²) >= 11 is 0. The summed E-state index contributed by atoms with van der Waals surface area (Å²) in [5.74, 6) is 0. The van der Waals surface area contributed by atoms with Gasteiger partial charge in [-0.25, -0.2) is 0 Å². The van der Waals surface area contributed by atoms with Gasteiger partial charge in [0.15, 0.2) is 0 Å². The zero-order chi connectivity index (χ0) is 5.58. The number of rotatable bonds is 0. The largest absolute Gasteiger partial charge is 0.328 e. The molecule has 0 rings (SSSR count). The van der Waals surface area contributed by atoms with E-state index in [1.807, 2.05) is 0 Å². The summed E-state index contributed by atoms with van der Waals surface area (Å²) < 4.78 is 0. The van der Waals surface area contributed by atoms with Crippen LogP contribution in [0.1, 0.15) is 0 Å². The van der Waals surface area contributed by atoms with Crippen LogP contribution in [0.5, 0.6) is 0 Å². The first-order chi connectivity index (χ1) is 2.73. The molecule has 0 heterocycles. The van der Waals surface area contributed by atoms with Crippen molar-refractivity contribution < 1.29 is 10.3 Å². The van der Waals surface area contributed by atoms with Crippen molar-refractivity contribution in [3.8, 4) is 0 Å². The summed E-state index contributed by atoms with van der Waals surface area (Å²) in [7, 11) is 0. The van der Waals surface area contributed by atoms with Crippen molar-refractivity contribution in [2.45, 2.75) is 0 Å². The molecule has 0 atom stereocenters. The molecular formula is C2H5NO3. The van der Waals surface area contributed by atoms with E-state index in [0.29, 0.717) is 0 Å². The van der Waals surface area contributed by atoms with Crippen molar-refractivity contribution in [2.24, 2.45) is 0 Å². The van der Waals surface area contributed by atoms with Crippen molar-refractivity contribution >= 4 is 0 Å². The predicted octanol–water partition coefficient (Wildman–Crippen LogP) is 0.454. The minimum atomic E-state index is -1.50. The second kappa shape index (κ2) is 9.05. The smallest absolute Gasteiger partial charge is 0.291 e. The lowest BCUT2D eigenvalue weighted by atomic mass is 11.3. The fourth-order valence-electron chi connectivity index (χ4n) is 0. The zero-order valence-corrected chi connectivity index (χ0v) is 3.13. The van der Waals surface area contributed by atoms with Crippen LogP contribution < -0.4 is 0 Å². The first kappa shape index (κ1) is 8.87. The Kier molecular flexibility index (Phi) is 13.4. The highest BCUT2D eigenvalue weighted by molar-refractivity contribution is 4.22. The van der Waals surface area contributed by atoms with E-state index in [9.17, 15) is 0 Å². The van der Waals surface area contributed by atoms with Gasteiger partial charge < -0.3 is 5.21 Å². The predicted molar refractivity (Wildman–Crippen MR) is 20.0 cm³/mol. The van der Waals surface area contributed by atoms with Gasteiger partial charge in [-0.05, 0) is 0 Å². The molecule has 0 spiro atoms. The highest BCUT2D eigenvalue weighted by atomic mass is 16.9. The first-order valence-corrected chi connectivity index (χ1v) is 1.07. The van der Waals surface area contributed by atoms with Crippen LogP contribution in [0.2, 0.25) is 0 Å². The molecule has 0 bridgehead atoms. The molecule has 0 aromatic heterocycles. The van der Waals surface area contributed by atoms with Crippen molar-refractivity contribution in [3.05, 3.63) is 23.3 Å². The number of hydrogen-bond donors (Lipinski definition) is 1. The van der Waals surface area contributed by atoms with Crippen LogP contribution in [0, 0.1) is 10.1 Å². The third-order valence-corrected chi connectivity index (χ3v) is 0. The molecule has 0 aromatic carbocycles. The van der Waals surface area contributed by atoms with E-state index >= 15 is 0 Å². The quantitative estimate of drug-likeness (QED) is 0.267. The van der Waals surface area contributed by atoms with E-state index in [4.69, 9.17) is 15.3 Å². The molecule has 4 nitrogen and oxygen atoms in total. The second-order valence-corrected chi connectivity index (χ2v) is 0.238. The van der Waals surface area contributed by atoms with Gasteiger partial charge in [-0.15, -0.1) is 23.3 Å². The number of nitrogens with zero attached hydrogens (tertiary/aromatic N) is 1. The lowest BCUT2D eigenvalue weighted by Crippen LogP contribution is -1.81. The van der Waals surface area contributed by atoms with Crippen LogP contribution in [0.3, 0.4) is 0 Å². The maximum absolute atomic E-state index is 8.36. The summed E-state index contributed by atoms with van der Waals surface area (Å²) in [5.41, 5.74) is 0. The summed E-state index contributed by atoms with van der Waals surface area (Å²) in [6, 6.07) is 0. The Labute approximate surface area is 34.8 Å². The van der Waals surface area contributed by atoms with Gasteiger partial charge in [0.05, 0.1) is 0 Å². The lowest BCUT2D eigenvalue weighted by Gasteiger charge is -1.56. The molecule has 0 unspecified atom stereocenters. The van der Waals surface area contributed by atoms with E-state index in [1.54, 1.807) is 0 Å². The Bertz CT molecular complexity index is 40.1. The van der Waals surface area contributed by atoms with Gasteiger partial charge in [-0.1, -0.05) is 0 Å². The molecule has 0 fully saturated rings. The van der Waals surface area contributed by atoms with E-state index in [0.717, 1.165) is 0 Å². The molecule has 0 aliphatic carbocycles. The topological polar surface area (TPSA) is 63.4 Å². The van der Waals surface area contributed by atoms with Gasteiger partial charge in [0, 0.05) is 0 Å². The van der Waals surface area contributed by atoms with Crippen molar-refractivity contribution in [1.29, 1.82) is 0 Å². The lowest BCUT2D eigenvalue weighted by molar-refractivity contribution is -0.742. The van der Waals surface area contributed by atoms with Crippen molar-refractivity contribution in [2.75, 3.05) is 0 Å². The maximum atomic E-state index is 8.36.